The molecular weight excluding hydrogens is 314 g/mol. The van der Waals surface area contributed by atoms with Gasteiger partial charge in [0.25, 0.3) is 0 Å². The molecule has 0 saturated heterocycles. The summed E-state index contributed by atoms with van der Waals surface area (Å²) >= 11 is 3.47. The third-order valence-electron chi connectivity index (χ3n) is 4.38. The van der Waals surface area contributed by atoms with Gasteiger partial charge >= 0.3 is 0 Å². The van der Waals surface area contributed by atoms with Crippen molar-refractivity contribution >= 4 is 21.7 Å². The first-order valence-electron chi connectivity index (χ1n) is 7.25. The molecule has 3 N–H and O–H groups in total. The first-order chi connectivity index (χ1) is 9.65. The highest BCUT2D eigenvalue weighted by Crippen LogP contribution is 2.40. The average Bonchev–Trinajstić information content (AvgIpc) is 2.83. The first kappa shape index (κ1) is 13.7. The van der Waals surface area contributed by atoms with Gasteiger partial charge in [-0.25, -0.2) is 0 Å². The molecule has 1 aromatic heterocycles. The van der Waals surface area contributed by atoms with Crippen LogP contribution in [0.15, 0.2) is 28.7 Å². The zero-order chi connectivity index (χ0) is 14.1. The van der Waals surface area contributed by atoms with Gasteiger partial charge in [0.15, 0.2) is 5.82 Å². The molecule has 1 aliphatic rings. The van der Waals surface area contributed by atoms with Gasteiger partial charge in [-0.15, -0.1) is 0 Å². The van der Waals surface area contributed by atoms with Crippen LogP contribution in [-0.2, 0) is 0 Å². The lowest BCUT2D eigenvalue weighted by molar-refractivity contribution is 0.344. The highest BCUT2D eigenvalue weighted by atomic mass is 79.9. The normalized spacial score (nSPS) is 22.9. The minimum Gasteiger partial charge on any atom is -0.382 e. The topological polar surface area (TPSA) is 54.7 Å². The summed E-state index contributed by atoms with van der Waals surface area (Å²) in [7, 11) is 0. The number of anilines is 1. The summed E-state index contributed by atoms with van der Waals surface area (Å²) in [5.74, 6) is 2.03. The van der Waals surface area contributed by atoms with Crippen LogP contribution in [0.4, 0.5) is 5.82 Å². The van der Waals surface area contributed by atoms with Crippen LogP contribution in [0.1, 0.15) is 44.2 Å². The van der Waals surface area contributed by atoms with Gasteiger partial charge in [-0.3, -0.25) is 5.10 Å². The Balaban J connectivity index is 1.95. The van der Waals surface area contributed by atoms with E-state index in [1.165, 1.54) is 31.4 Å². The van der Waals surface area contributed by atoms with Gasteiger partial charge in [-0.2, -0.15) is 5.10 Å². The van der Waals surface area contributed by atoms with Gasteiger partial charge in [0, 0.05) is 21.6 Å². The van der Waals surface area contributed by atoms with Crippen LogP contribution < -0.4 is 5.73 Å². The third-order valence-corrected chi connectivity index (χ3v) is 4.91. The molecule has 20 heavy (non-hydrogen) atoms. The Kier molecular flexibility index (Phi) is 3.83. The molecule has 0 unspecified atom stereocenters. The van der Waals surface area contributed by atoms with Crippen molar-refractivity contribution in [3.8, 4) is 11.1 Å². The van der Waals surface area contributed by atoms with Crippen molar-refractivity contribution in [2.45, 2.75) is 38.5 Å². The average molecular weight is 334 g/mol. The number of aromatic nitrogens is 2. The molecule has 0 amide bonds. The number of halogens is 1. The first-order valence-corrected chi connectivity index (χ1v) is 8.04. The summed E-state index contributed by atoms with van der Waals surface area (Å²) in [6.07, 6.45) is 5.05. The van der Waals surface area contributed by atoms with E-state index in [0.717, 1.165) is 21.5 Å². The van der Waals surface area contributed by atoms with Crippen LogP contribution >= 0.6 is 15.9 Å². The lowest BCUT2D eigenvalue weighted by Gasteiger charge is -2.26. The predicted molar refractivity (Wildman–Crippen MR) is 86.5 cm³/mol. The molecule has 1 saturated carbocycles. The SMILES string of the molecule is CC1CCC(c2[nH]nc(N)c2-c2ccc(Br)cc2)CC1. The van der Waals surface area contributed by atoms with E-state index >= 15 is 0 Å². The molecular formula is C16H20BrN3. The monoisotopic (exact) mass is 333 g/mol. The number of nitrogens with two attached hydrogens (primary N) is 1. The Bertz CT molecular complexity index is 580. The molecule has 1 fully saturated rings. The van der Waals surface area contributed by atoms with E-state index in [2.05, 4.69) is 57.3 Å². The smallest absolute Gasteiger partial charge is 0.153 e. The van der Waals surface area contributed by atoms with E-state index in [-0.39, 0.29) is 0 Å². The fourth-order valence-electron chi connectivity index (χ4n) is 3.13. The second-order valence-corrected chi connectivity index (χ2v) is 6.78. The number of aromatic amines is 1. The predicted octanol–water partition coefficient (Wildman–Crippen LogP) is 4.72. The summed E-state index contributed by atoms with van der Waals surface area (Å²) in [5, 5.41) is 7.44. The molecule has 0 aliphatic heterocycles. The Labute approximate surface area is 128 Å². The highest BCUT2D eigenvalue weighted by molar-refractivity contribution is 9.10. The molecule has 2 aromatic rings. The fraction of sp³-hybridized carbons (Fsp3) is 0.438. The van der Waals surface area contributed by atoms with Crippen molar-refractivity contribution in [3.05, 3.63) is 34.4 Å². The zero-order valence-electron chi connectivity index (χ0n) is 11.7. The summed E-state index contributed by atoms with van der Waals surface area (Å²) in [5.41, 5.74) is 9.55. The second kappa shape index (κ2) is 5.60. The molecule has 0 atom stereocenters. The number of nitrogens with one attached hydrogen (secondary N) is 1. The zero-order valence-corrected chi connectivity index (χ0v) is 13.3. The standard InChI is InChI=1S/C16H20BrN3/c1-10-2-4-12(5-3-10)15-14(16(18)20-19-15)11-6-8-13(17)9-7-11/h6-10,12H,2-5H2,1H3,(H3,18,19,20). The molecule has 3 rings (SSSR count). The summed E-state index contributed by atoms with van der Waals surface area (Å²) in [6.45, 7) is 2.34. The van der Waals surface area contributed by atoms with Crippen molar-refractivity contribution < 1.29 is 0 Å². The van der Waals surface area contributed by atoms with E-state index < -0.39 is 0 Å². The van der Waals surface area contributed by atoms with E-state index in [1.54, 1.807) is 0 Å². The maximum atomic E-state index is 6.09. The molecule has 0 radical (unpaired) electrons. The highest BCUT2D eigenvalue weighted by Gasteiger charge is 2.25. The molecule has 106 valence electrons. The summed E-state index contributed by atoms with van der Waals surface area (Å²) < 4.78 is 1.08. The Hall–Kier alpha value is -1.29. The summed E-state index contributed by atoms with van der Waals surface area (Å²) in [4.78, 5) is 0. The number of hydrogen-bond acceptors (Lipinski definition) is 2. The number of nitrogens with zero attached hydrogens (tertiary/aromatic N) is 1. The van der Waals surface area contributed by atoms with Gasteiger partial charge in [-0.05, 0) is 36.5 Å². The molecule has 3 nitrogen and oxygen atoms in total. The van der Waals surface area contributed by atoms with Crippen molar-refractivity contribution in [1.82, 2.24) is 10.2 Å². The van der Waals surface area contributed by atoms with E-state index in [9.17, 15) is 0 Å². The van der Waals surface area contributed by atoms with Crippen LogP contribution in [-0.4, -0.2) is 10.2 Å². The minimum atomic E-state index is 0.564. The van der Waals surface area contributed by atoms with Crippen molar-refractivity contribution in [1.29, 1.82) is 0 Å². The number of hydrogen-bond donors (Lipinski definition) is 2. The van der Waals surface area contributed by atoms with Crippen molar-refractivity contribution in [2.24, 2.45) is 5.92 Å². The van der Waals surface area contributed by atoms with Crippen molar-refractivity contribution in [2.75, 3.05) is 5.73 Å². The quantitative estimate of drug-likeness (QED) is 0.835. The van der Waals surface area contributed by atoms with E-state index in [0.29, 0.717) is 11.7 Å². The van der Waals surface area contributed by atoms with Gasteiger partial charge < -0.3 is 5.73 Å². The van der Waals surface area contributed by atoms with Crippen LogP contribution in [0.2, 0.25) is 0 Å². The molecule has 1 heterocycles. The van der Waals surface area contributed by atoms with Gasteiger partial charge in [0.2, 0.25) is 0 Å². The maximum absolute atomic E-state index is 6.09. The minimum absolute atomic E-state index is 0.564. The van der Waals surface area contributed by atoms with Gasteiger partial charge in [-0.1, -0.05) is 47.8 Å². The van der Waals surface area contributed by atoms with E-state index in [1.807, 2.05) is 0 Å². The van der Waals surface area contributed by atoms with Gasteiger partial charge in [0.05, 0.1) is 0 Å². The van der Waals surface area contributed by atoms with Crippen LogP contribution in [0, 0.1) is 5.92 Å². The van der Waals surface area contributed by atoms with Crippen LogP contribution in [0.5, 0.6) is 0 Å². The lowest BCUT2D eigenvalue weighted by atomic mass is 9.80. The molecule has 1 aromatic carbocycles. The van der Waals surface area contributed by atoms with Crippen LogP contribution in [0.25, 0.3) is 11.1 Å². The number of rotatable bonds is 2. The Morgan fingerprint density at radius 3 is 2.45 bits per heavy atom. The molecule has 1 aliphatic carbocycles. The molecule has 0 bridgehead atoms. The van der Waals surface area contributed by atoms with Crippen molar-refractivity contribution in [3.63, 3.8) is 0 Å². The number of benzene rings is 1. The second-order valence-electron chi connectivity index (χ2n) is 5.86. The maximum Gasteiger partial charge on any atom is 0.153 e. The Morgan fingerprint density at radius 2 is 1.80 bits per heavy atom. The lowest BCUT2D eigenvalue weighted by Crippen LogP contribution is -2.12. The van der Waals surface area contributed by atoms with E-state index in [4.69, 9.17) is 5.73 Å². The van der Waals surface area contributed by atoms with Gasteiger partial charge in [0.1, 0.15) is 0 Å². The molecule has 4 heteroatoms. The number of nitrogen functional groups attached to an aromatic ring is 1. The summed E-state index contributed by atoms with van der Waals surface area (Å²) in [6, 6.07) is 8.30. The van der Waals surface area contributed by atoms with Crippen LogP contribution in [0.3, 0.4) is 0 Å². The third kappa shape index (κ3) is 2.62. The number of H-pyrrole nitrogens is 1. The molecule has 0 spiro atoms. The largest absolute Gasteiger partial charge is 0.382 e. The fourth-order valence-corrected chi connectivity index (χ4v) is 3.40. The Morgan fingerprint density at radius 1 is 1.15 bits per heavy atom.